The molecule has 1 aliphatic rings. The lowest BCUT2D eigenvalue weighted by atomic mass is 9.82. The summed E-state index contributed by atoms with van der Waals surface area (Å²) in [5.74, 6) is -0.242. The first-order valence-electron chi connectivity index (χ1n) is 6.13. The number of carbonyl (C=O) groups is 1. The third kappa shape index (κ3) is 4.10. The SMILES string of the molecule is CC(C)OC(=O)CNC1(CO)CCCCC1. The molecule has 94 valence electrons. The Morgan fingerprint density at radius 3 is 2.50 bits per heavy atom. The molecule has 0 amide bonds. The molecule has 4 nitrogen and oxygen atoms in total. The van der Waals surface area contributed by atoms with Gasteiger partial charge < -0.3 is 9.84 Å². The first-order chi connectivity index (χ1) is 7.58. The van der Waals surface area contributed by atoms with E-state index in [1.807, 2.05) is 13.8 Å². The van der Waals surface area contributed by atoms with Gasteiger partial charge in [-0.05, 0) is 26.7 Å². The molecule has 0 saturated heterocycles. The standard InChI is InChI=1S/C12H23NO3/c1-10(2)16-11(15)8-13-12(9-14)6-4-3-5-7-12/h10,13-14H,3-9H2,1-2H3. The van der Waals surface area contributed by atoms with Crippen LogP contribution in [0.1, 0.15) is 46.0 Å². The molecule has 1 saturated carbocycles. The summed E-state index contributed by atoms with van der Waals surface area (Å²) in [5.41, 5.74) is -0.256. The zero-order valence-electron chi connectivity index (χ0n) is 10.3. The van der Waals surface area contributed by atoms with Gasteiger partial charge >= 0.3 is 5.97 Å². The van der Waals surface area contributed by atoms with Gasteiger partial charge in [-0.3, -0.25) is 10.1 Å². The Balaban J connectivity index is 2.35. The van der Waals surface area contributed by atoms with Gasteiger partial charge in [-0.2, -0.15) is 0 Å². The molecule has 0 heterocycles. The molecule has 4 heteroatoms. The van der Waals surface area contributed by atoms with Crippen LogP contribution in [0.2, 0.25) is 0 Å². The van der Waals surface area contributed by atoms with Crippen molar-refractivity contribution in [3.05, 3.63) is 0 Å². The van der Waals surface area contributed by atoms with E-state index in [-0.39, 0.29) is 30.8 Å². The average molecular weight is 229 g/mol. The van der Waals surface area contributed by atoms with Crippen LogP contribution in [0.15, 0.2) is 0 Å². The van der Waals surface area contributed by atoms with E-state index in [0.717, 1.165) is 25.7 Å². The van der Waals surface area contributed by atoms with Crippen molar-refractivity contribution in [3.8, 4) is 0 Å². The predicted octanol–water partition coefficient (Wildman–Crippen LogP) is 1.22. The fourth-order valence-electron chi connectivity index (χ4n) is 2.18. The van der Waals surface area contributed by atoms with Crippen molar-refractivity contribution in [2.75, 3.05) is 13.2 Å². The Morgan fingerprint density at radius 2 is 2.00 bits per heavy atom. The van der Waals surface area contributed by atoms with Gasteiger partial charge in [0.25, 0.3) is 0 Å². The summed E-state index contributed by atoms with van der Waals surface area (Å²) >= 11 is 0. The van der Waals surface area contributed by atoms with Crippen LogP contribution in [0.25, 0.3) is 0 Å². The number of hydrogen-bond donors (Lipinski definition) is 2. The van der Waals surface area contributed by atoms with Crippen molar-refractivity contribution < 1.29 is 14.6 Å². The number of carbonyl (C=O) groups excluding carboxylic acids is 1. The maximum atomic E-state index is 11.4. The molecule has 0 spiro atoms. The Labute approximate surface area is 97.4 Å². The number of hydrogen-bond acceptors (Lipinski definition) is 4. The molecule has 0 unspecified atom stereocenters. The number of nitrogens with one attached hydrogen (secondary N) is 1. The summed E-state index contributed by atoms with van der Waals surface area (Å²) in [7, 11) is 0. The number of esters is 1. The number of aliphatic hydroxyl groups excluding tert-OH is 1. The highest BCUT2D eigenvalue weighted by atomic mass is 16.5. The molecule has 1 aliphatic carbocycles. The van der Waals surface area contributed by atoms with E-state index < -0.39 is 0 Å². The lowest BCUT2D eigenvalue weighted by Gasteiger charge is -2.36. The lowest BCUT2D eigenvalue weighted by molar-refractivity contribution is -0.146. The van der Waals surface area contributed by atoms with E-state index >= 15 is 0 Å². The van der Waals surface area contributed by atoms with Gasteiger partial charge in [0.2, 0.25) is 0 Å². The topological polar surface area (TPSA) is 58.6 Å². The van der Waals surface area contributed by atoms with Crippen molar-refractivity contribution in [2.45, 2.75) is 57.6 Å². The summed E-state index contributed by atoms with van der Waals surface area (Å²) in [4.78, 5) is 11.4. The molecular weight excluding hydrogens is 206 g/mol. The highest BCUT2D eigenvalue weighted by molar-refractivity contribution is 5.71. The van der Waals surface area contributed by atoms with Gasteiger partial charge in [0.15, 0.2) is 0 Å². The van der Waals surface area contributed by atoms with Gasteiger partial charge in [-0.25, -0.2) is 0 Å². The number of aliphatic hydroxyl groups is 1. The van der Waals surface area contributed by atoms with Crippen molar-refractivity contribution in [2.24, 2.45) is 0 Å². The van der Waals surface area contributed by atoms with Crippen molar-refractivity contribution >= 4 is 5.97 Å². The minimum atomic E-state index is -0.256. The van der Waals surface area contributed by atoms with Gasteiger partial charge in [-0.15, -0.1) is 0 Å². The van der Waals surface area contributed by atoms with E-state index in [4.69, 9.17) is 4.74 Å². The smallest absolute Gasteiger partial charge is 0.320 e. The fourth-order valence-corrected chi connectivity index (χ4v) is 2.18. The predicted molar refractivity (Wildman–Crippen MR) is 62.1 cm³/mol. The zero-order valence-corrected chi connectivity index (χ0v) is 10.3. The molecule has 16 heavy (non-hydrogen) atoms. The van der Waals surface area contributed by atoms with Crippen LogP contribution < -0.4 is 5.32 Å². The molecule has 0 atom stereocenters. The van der Waals surface area contributed by atoms with Crippen LogP contribution >= 0.6 is 0 Å². The van der Waals surface area contributed by atoms with E-state index in [9.17, 15) is 9.90 Å². The molecule has 0 aromatic rings. The van der Waals surface area contributed by atoms with Crippen LogP contribution in [0.3, 0.4) is 0 Å². The molecule has 0 aromatic carbocycles. The molecule has 2 N–H and O–H groups in total. The van der Waals surface area contributed by atoms with Crippen molar-refractivity contribution in [1.82, 2.24) is 5.32 Å². The van der Waals surface area contributed by atoms with E-state index in [0.29, 0.717) is 0 Å². The number of rotatable bonds is 5. The largest absolute Gasteiger partial charge is 0.462 e. The molecule has 0 aliphatic heterocycles. The van der Waals surface area contributed by atoms with E-state index in [1.165, 1.54) is 6.42 Å². The minimum Gasteiger partial charge on any atom is -0.462 e. The highest BCUT2D eigenvalue weighted by Gasteiger charge is 2.31. The minimum absolute atomic E-state index is 0.0780. The first kappa shape index (κ1) is 13.5. The van der Waals surface area contributed by atoms with Crippen LogP contribution in [0.5, 0.6) is 0 Å². The highest BCUT2D eigenvalue weighted by Crippen LogP contribution is 2.27. The maximum Gasteiger partial charge on any atom is 0.320 e. The van der Waals surface area contributed by atoms with Crippen LogP contribution in [0, 0.1) is 0 Å². The molecule has 0 bridgehead atoms. The summed E-state index contributed by atoms with van der Waals surface area (Å²) in [5, 5.41) is 12.6. The molecule has 1 fully saturated rings. The third-order valence-electron chi connectivity index (χ3n) is 3.09. The summed E-state index contributed by atoms with van der Waals surface area (Å²) < 4.78 is 5.05. The van der Waals surface area contributed by atoms with Crippen LogP contribution in [-0.4, -0.2) is 35.9 Å². The Morgan fingerprint density at radius 1 is 1.38 bits per heavy atom. The quantitative estimate of drug-likeness (QED) is 0.696. The third-order valence-corrected chi connectivity index (χ3v) is 3.09. The molecule has 0 radical (unpaired) electrons. The lowest BCUT2D eigenvalue weighted by Crippen LogP contribution is -2.51. The van der Waals surface area contributed by atoms with Crippen molar-refractivity contribution in [1.29, 1.82) is 0 Å². The second-order valence-electron chi connectivity index (χ2n) is 4.89. The normalized spacial score (nSPS) is 19.8. The second-order valence-corrected chi connectivity index (χ2v) is 4.89. The van der Waals surface area contributed by atoms with Crippen LogP contribution in [-0.2, 0) is 9.53 Å². The van der Waals surface area contributed by atoms with Gasteiger partial charge in [-0.1, -0.05) is 19.3 Å². The summed E-state index contributed by atoms with van der Waals surface area (Å²) in [6, 6.07) is 0. The molecule has 0 aromatic heterocycles. The maximum absolute atomic E-state index is 11.4. The van der Waals surface area contributed by atoms with Gasteiger partial charge in [0.05, 0.1) is 19.3 Å². The molecular formula is C12H23NO3. The van der Waals surface area contributed by atoms with Gasteiger partial charge in [0, 0.05) is 5.54 Å². The van der Waals surface area contributed by atoms with E-state index in [1.54, 1.807) is 0 Å². The average Bonchev–Trinajstić information content (AvgIpc) is 2.27. The number of ether oxygens (including phenoxy) is 1. The molecule has 1 rings (SSSR count). The Kier molecular flexibility index (Phi) is 5.22. The second kappa shape index (κ2) is 6.21. The summed E-state index contributed by atoms with van der Waals surface area (Å²) in [6.07, 6.45) is 5.27. The monoisotopic (exact) mass is 229 g/mol. The van der Waals surface area contributed by atoms with Crippen LogP contribution in [0.4, 0.5) is 0 Å². The fraction of sp³-hybridized carbons (Fsp3) is 0.917. The first-order valence-corrected chi connectivity index (χ1v) is 6.13. The Bertz CT molecular complexity index is 222. The van der Waals surface area contributed by atoms with E-state index in [2.05, 4.69) is 5.32 Å². The Hall–Kier alpha value is -0.610. The zero-order chi connectivity index (χ0) is 12.0. The van der Waals surface area contributed by atoms with Crippen molar-refractivity contribution in [3.63, 3.8) is 0 Å². The summed E-state index contributed by atoms with van der Waals surface area (Å²) in [6.45, 7) is 3.96. The van der Waals surface area contributed by atoms with Gasteiger partial charge in [0.1, 0.15) is 0 Å².